The summed E-state index contributed by atoms with van der Waals surface area (Å²) in [6.45, 7) is 15.3. The largest absolute Gasteiger partial charge is 0.507 e. The molecule has 1 aromatic carbocycles. The SMILES string of the molecule is C=CC(O)N1CC2CN(CCCN(C)C)c3c(c4cc(Cl)c(-c5c(O)cccc5Cl)nc4n(-c4c(C)ccnc4C(C)C)c3=O)N2CC1C. The number of rotatable bonds is 9. The smallest absolute Gasteiger partial charge is 0.282 e. The minimum atomic E-state index is -0.782. The molecule has 2 aliphatic rings. The highest BCUT2D eigenvalue weighted by Crippen LogP contribution is 2.46. The van der Waals surface area contributed by atoms with Gasteiger partial charge in [0.15, 0.2) is 5.65 Å². The Bertz CT molecular complexity index is 1940. The molecule has 6 rings (SSSR count). The van der Waals surface area contributed by atoms with E-state index in [4.69, 9.17) is 33.2 Å². The first-order valence-corrected chi connectivity index (χ1v) is 17.5. The molecule has 49 heavy (non-hydrogen) atoms. The third-order valence-corrected chi connectivity index (χ3v) is 10.3. The van der Waals surface area contributed by atoms with E-state index >= 15 is 4.79 Å². The molecule has 0 spiro atoms. The average Bonchev–Trinajstić information content (AvgIpc) is 3.04. The van der Waals surface area contributed by atoms with Gasteiger partial charge in [-0.05, 0) is 82.7 Å². The van der Waals surface area contributed by atoms with Gasteiger partial charge in [-0.1, -0.05) is 49.7 Å². The summed E-state index contributed by atoms with van der Waals surface area (Å²) in [6.07, 6.45) is 3.40. The van der Waals surface area contributed by atoms with Crippen LogP contribution in [0, 0.1) is 6.92 Å². The Labute approximate surface area is 297 Å². The number of pyridine rings is 3. The van der Waals surface area contributed by atoms with Gasteiger partial charge in [0.2, 0.25) is 0 Å². The highest BCUT2D eigenvalue weighted by atomic mass is 35.5. The molecule has 0 saturated carbocycles. The van der Waals surface area contributed by atoms with Crippen LogP contribution in [0.2, 0.25) is 10.0 Å². The fourth-order valence-electron chi connectivity index (χ4n) is 7.37. The van der Waals surface area contributed by atoms with Crippen molar-refractivity contribution in [2.45, 2.75) is 58.3 Å². The number of aliphatic hydroxyl groups excluding tert-OH is 1. The van der Waals surface area contributed by atoms with Crippen molar-refractivity contribution in [1.82, 2.24) is 24.3 Å². The zero-order valence-corrected chi connectivity index (χ0v) is 30.5. The van der Waals surface area contributed by atoms with Crippen molar-refractivity contribution in [3.05, 3.63) is 80.8 Å². The monoisotopic (exact) mass is 705 g/mol. The highest BCUT2D eigenvalue weighted by Gasteiger charge is 2.42. The van der Waals surface area contributed by atoms with Gasteiger partial charge in [-0.3, -0.25) is 19.2 Å². The number of hydrogen-bond donors (Lipinski definition) is 2. The molecular weight excluding hydrogens is 661 g/mol. The Morgan fingerprint density at radius 2 is 1.86 bits per heavy atom. The summed E-state index contributed by atoms with van der Waals surface area (Å²) >= 11 is 13.7. The van der Waals surface area contributed by atoms with E-state index in [1.54, 1.807) is 35.0 Å². The van der Waals surface area contributed by atoms with Gasteiger partial charge in [-0.15, -0.1) is 0 Å². The summed E-state index contributed by atoms with van der Waals surface area (Å²) in [5.74, 6) is -0.0514. The molecular formula is C37H45Cl2N7O3. The summed E-state index contributed by atoms with van der Waals surface area (Å²) in [5, 5.41) is 23.1. The second kappa shape index (κ2) is 13.9. The van der Waals surface area contributed by atoms with Crippen molar-refractivity contribution in [3.8, 4) is 22.7 Å². The molecule has 3 aromatic heterocycles. The highest BCUT2D eigenvalue weighted by molar-refractivity contribution is 6.37. The molecule has 1 fully saturated rings. The normalized spacial score (nSPS) is 18.7. The van der Waals surface area contributed by atoms with E-state index < -0.39 is 6.23 Å². The molecule has 3 unspecified atom stereocenters. The van der Waals surface area contributed by atoms with Gasteiger partial charge in [0, 0.05) is 43.8 Å². The molecule has 0 amide bonds. The van der Waals surface area contributed by atoms with E-state index in [0.717, 1.165) is 29.9 Å². The van der Waals surface area contributed by atoms with Crippen LogP contribution in [-0.2, 0) is 0 Å². The fourth-order valence-corrected chi connectivity index (χ4v) is 7.87. The number of phenols is 1. The summed E-state index contributed by atoms with van der Waals surface area (Å²) in [4.78, 5) is 33.9. The molecule has 1 saturated heterocycles. The van der Waals surface area contributed by atoms with Crippen LogP contribution < -0.4 is 15.4 Å². The maximum Gasteiger partial charge on any atom is 0.282 e. The lowest BCUT2D eigenvalue weighted by Gasteiger charge is -2.52. The molecule has 5 heterocycles. The Morgan fingerprint density at radius 1 is 1.10 bits per heavy atom. The average molecular weight is 707 g/mol. The number of aromatic nitrogens is 3. The van der Waals surface area contributed by atoms with Gasteiger partial charge in [-0.2, -0.15) is 0 Å². The van der Waals surface area contributed by atoms with E-state index in [1.807, 2.05) is 33.2 Å². The molecule has 12 heteroatoms. The van der Waals surface area contributed by atoms with Crippen LogP contribution in [0.1, 0.15) is 44.4 Å². The van der Waals surface area contributed by atoms with Crippen molar-refractivity contribution in [3.63, 3.8) is 0 Å². The predicted octanol–water partition coefficient (Wildman–Crippen LogP) is 6.05. The number of benzene rings is 1. The number of aromatic hydroxyl groups is 1. The number of nitrogens with zero attached hydrogens (tertiary/aromatic N) is 7. The first-order chi connectivity index (χ1) is 23.3. The topological polar surface area (TPSA) is 101 Å². The van der Waals surface area contributed by atoms with Crippen molar-refractivity contribution in [2.24, 2.45) is 0 Å². The minimum absolute atomic E-state index is 0.0121. The fraction of sp³-hybridized carbons (Fsp3) is 0.432. The number of aryl methyl sites for hydroxylation is 1. The Hall–Kier alpha value is -3.67. The second-order valence-electron chi connectivity index (χ2n) is 13.8. The Balaban J connectivity index is 1.72. The molecule has 260 valence electrons. The zero-order chi connectivity index (χ0) is 35.3. The second-order valence-corrected chi connectivity index (χ2v) is 14.6. The molecule has 2 aliphatic heterocycles. The first kappa shape index (κ1) is 35.2. The van der Waals surface area contributed by atoms with Gasteiger partial charge in [0.1, 0.15) is 17.7 Å². The van der Waals surface area contributed by atoms with Gasteiger partial charge in [-0.25, -0.2) is 4.98 Å². The lowest BCUT2D eigenvalue weighted by atomic mass is 9.98. The minimum Gasteiger partial charge on any atom is -0.507 e. The first-order valence-electron chi connectivity index (χ1n) is 16.8. The number of fused-ring (bicyclic) bond motifs is 5. The van der Waals surface area contributed by atoms with Crippen LogP contribution in [-0.4, -0.2) is 99.7 Å². The summed E-state index contributed by atoms with van der Waals surface area (Å²) in [7, 11) is 4.09. The van der Waals surface area contributed by atoms with Crippen LogP contribution >= 0.6 is 23.2 Å². The van der Waals surface area contributed by atoms with Crippen molar-refractivity contribution in [1.29, 1.82) is 0 Å². The van der Waals surface area contributed by atoms with Crippen LogP contribution in [0.15, 0.2) is 54.0 Å². The molecule has 4 aromatic rings. The quantitative estimate of drug-likeness (QED) is 0.202. The van der Waals surface area contributed by atoms with Gasteiger partial charge in [0.25, 0.3) is 5.56 Å². The third-order valence-electron chi connectivity index (χ3n) is 9.71. The van der Waals surface area contributed by atoms with E-state index in [2.05, 4.69) is 46.9 Å². The van der Waals surface area contributed by atoms with Crippen LogP contribution in [0.3, 0.4) is 0 Å². The molecule has 10 nitrogen and oxygen atoms in total. The third kappa shape index (κ3) is 6.30. The standard InChI is InChI=1S/C37H45Cl2N7O3/c1-8-29(48)44-20-24-19-43(16-10-15-42(6)7)35-34(45(24)18-23(44)5)25-17-27(39)32(30-26(38)11-9-12-28(30)47)41-36(25)46(37(35)49)33-22(4)13-14-40-31(33)21(2)3/h8-9,11-14,17,21,23-24,29,47-48H,1,10,15-16,18-20H2,2-7H3. The Morgan fingerprint density at radius 3 is 2.53 bits per heavy atom. The van der Waals surface area contributed by atoms with Crippen LogP contribution in [0.25, 0.3) is 28.0 Å². The molecule has 0 radical (unpaired) electrons. The maximum atomic E-state index is 15.3. The zero-order valence-electron chi connectivity index (χ0n) is 29.0. The van der Waals surface area contributed by atoms with E-state index in [-0.39, 0.29) is 35.0 Å². The number of piperazine rings is 1. The number of phenolic OH excluding ortho intramolecular Hbond substituents is 1. The van der Waals surface area contributed by atoms with Gasteiger partial charge >= 0.3 is 0 Å². The van der Waals surface area contributed by atoms with Crippen LogP contribution in [0.4, 0.5) is 11.4 Å². The number of anilines is 2. The summed E-state index contributed by atoms with van der Waals surface area (Å²) < 4.78 is 1.69. The molecule has 0 aliphatic carbocycles. The molecule has 3 atom stereocenters. The van der Waals surface area contributed by atoms with E-state index in [1.165, 1.54) is 0 Å². The Kier molecular flexibility index (Phi) is 9.99. The summed E-state index contributed by atoms with van der Waals surface area (Å²) in [6, 6.07) is 8.57. The van der Waals surface area contributed by atoms with E-state index in [9.17, 15) is 10.2 Å². The summed E-state index contributed by atoms with van der Waals surface area (Å²) in [5.41, 5.74) is 4.48. The lowest BCUT2D eigenvalue weighted by molar-refractivity contribution is -0.00130. The number of hydrogen-bond acceptors (Lipinski definition) is 9. The van der Waals surface area contributed by atoms with Gasteiger partial charge in [0.05, 0.1) is 44.4 Å². The molecule has 2 N–H and O–H groups in total. The maximum absolute atomic E-state index is 15.3. The van der Waals surface area contributed by atoms with E-state index in [0.29, 0.717) is 64.2 Å². The number of halogens is 2. The molecule has 0 bridgehead atoms. The van der Waals surface area contributed by atoms with Crippen molar-refractivity contribution >= 4 is 45.6 Å². The van der Waals surface area contributed by atoms with Crippen molar-refractivity contribution < 1.29 is 10.2 Å². The lowest BCUT2D eigenvalue weighted by Crippen LogP contribution is -2.65. The predicted molar refractivity (Wildman–Crippen MR) is 200 cm³/mol. The van der Waals surface area contributed by atoms with Crippen molar-refractivity contribution in [2.75, 3.05) is 56.6 Å². The number of aliphatic hydroxyl groups is 1. The van der Waals surface area contributed by atoms with Crippen LogP contribution in [0.5, 0.6) is 5.75 Å². The van der Waals surface area contributed by atoms with Gasteiger partial charge < -0.3 is 24.9 Å².